The summed E-state index contributed by atoms with van der Waals surface area (Å²) in [7, 11) is 1.65. The molecule has 3 aromatic rings. The van der Waals surface area contributed by atoms with Crippen LogP contribution in [0.2, 0.25) is 0 Å². The largest absolute Gasteiger partial charge is 0.497 e. The maximum Gasteiger partial charge on any atom is 0.227 e. The van der Waals surface area contributed by atoms with E-state index in [9.17, 15) is 9.18 Å². The van der Waals surface area contributed by atoms with E-state index < -0.39 is 0 Å². The average Bonchev–Trinajstić information content (AvgIpc) is 3.34. The molecule has 36 heavy (non-hydrogen) atoms. The van der Waals surface area contributed by atoms with Crippen LogP contribution in [-0.2, 0) is 11.2 Å². The van der Waals surface area contributed by atoms with E-state index in [4.69, 9.17) is 4.74 Å². The van der Waals surface area contributed by atoms with Crippen molar-refractivity contribution < 1.29 is 13.9 Å². The summed E-state index contributed by atoms with van der Waals surface area (Å²) >= 11 is 0. The zero-order valence-corrected chi connectivity index (χ0v) is 20.9. The normalized spacial score (nSPS) is 20.5. The van der Waals surface area contributed by atoms with Gasteiger partial charge in [-0.3, -0.25) is 9.69 Å². The summed E-state index contributed by atoms with van der Waals surface area (Å²) in [6, 6.07) is 25.2. The smallest absolute Gasteiger partial charge is 0.227 e. The molecule has 2 saturated heterocycles. The number of benzene rings is 3. The van der Waals surface area contributed by atoms with Gasteiger partial charge >= 0.3 is 0 Å². The van der Waals surface area contributed by atoms with Crippen LogP contribution in [0.25, 0.3) is 0 Å². The molecule has 0 N–H and O–H groups in total. The first kappa shape index (κ1) is 24.3. The maximum atomic E-state index is 13.3. The molecule has 0 aromatic heterocycles. The predicted molar refractivity (Wildman–Crippen MR) is 141 cm³/mol. The van der Waals surface area contributed by atoms with Gasteiger partial charge in [-0.25, -0.2) is 4.39 Å². The molecule has 2 atom stereocenters. The number of likely N-dealkylation sites (tertiary alicyclic amines) is 1. The number of carbonyl (C=O) groups excluding carboxylic acids is 1. The quantitative estimate of drug-likeness (QED) is 0.494. The third-order valence-electron chi connectivity index (χ3n) is 7.57. The molecule has 3 aromatic carbocycles. The third kappa shape index (κ3) is 5.71. The number of halogens is 1. The zero-order valence-electron chi connectivity index (χ0n) is 20.9. The van der Waals surface area contributed by atoms with Gasteiger partial charge in [0.05, 0.1) is 13.5 Å². The van der Waals surface area contributed by atoms with E-state index >= 15 is 0 Å². The molecule has 2 fully saturated rings. The van der Waals surface area contributed by atoms with Gasteiger partial charge in [0.25, 0.3) is 0 Å². The molecule has 2 aliphatic rings. The SMILES string of the molecule is COc1cccc(CC(=O)N2C[C@H](CN3CCN(c4ccc(F)cc4)CC3)[C@H](c3ccccc3)C2)c1. The van der Waals surface area contributed by atoms with E-state index in [-0.39, 0.29) is 11.7 Å². The van der Waals surface area contributed by atoms with Crippen LogP contribution in [0.1, 0.15) is 17.0 Å². The molecule has 1 amide bonds. The Kier molecular flexibility index (Phi) is 7.52. The number of nitrogens with zero attached hydrogens (tertiary/aromatic N) is 3. The van der Waals surface area contributed by atoms with Crippen molar-refractivity contribution in [2.75, 3.05) is 57.8 Å². The number of hydrogen-bond acceptors (Lipinski definition) is 4. The van der Waals surface area contributed by atoms with Crippen molar-refractivity contribution in [3.8, 4) is 5.75 Å². The van der Waals surface area contributed by atoms with Crippen LogP contribution in [0.4, 0.5) is 10.1 Å². The highest BCUT2D eigenvalue weighted by molar-refractivity contribution is 5.79. The maximum absolute atomic E-state index is 13.3. The molecule has 5 rings (SSSR count). The predicted octanol–water partition coefficient (Wildman–Crippen LogP) is 4.44. The molecule has 0 unspecified atom stereocenters. The number of hydrogen-bond donors (Lipinski definition) is 0. The number of carbonyl (C=O) groups is 1. The summed E-state index contributed by atoms with van der Waals surface area (Å²) in [5.74, 6) is 1.47. The monoisotopic (exact) mass is 487 g/mol. The minimum Gasteiger partial charge on any atom is -0.497 e. The van der Waals surface area contributed by atoms with Gasteiger partial charge < -0.3 is 14.5 Å². The van der Waals surface area contributed by atoms with Crippen molar-refractivity contribution in [3.63, 3.8) is 0 Å². The highest BCUT2D eigenvalue weighted by atomic mass is 19.1. The molecule has 188 valence electrons. The molecule has 5 nitrogen and oxygen atoms in total. The van der Waals surface area contributed by atoms with Gasteiger partial charge in [0, 0.05) is 57.4 Å². The summed E-state index contributed by atoms with van der Waals surface area (Å²) in [6.45, 7) is 6.29. The second kappa shape index (κ2) is 11.1. The molecule has 0 radical (unpaired) electrons. The Morgan fingerprint density at radius 1 is 0.917 bits per heavy atom. The van der Waals surface area contributed by atoms with Crippen molar-refractivity contribution in [1.82, 2.24) is 9.80 Å². The average molecular weight is 488 g/mol. The highest BCUT2D eigenvalue weighted by Crippen LogP contribution is 2.34. The molecule has 0 aliphatic carbocycles. The third-order valence-corrected chi connectivity index (χ3v) is 7.57. The highest BCUT2D eigenvalue weighted by Gasteiger charge is 2.37. The second-order valence-electron chi connectivity index (χ2n) is 9.87. The van der Waals surface area contributed by atoms with Crippen molar-refractivity contribution in [2.24, 2.45) is 5.92 Å². The van der Waals surface area contributed by atoms with Crippen molar-refractivity contribution in [1.29, 1.82) is 0 Å². The molecule has 2 aliphatic heterocycles. The van der Waals surface area contributed by atoms with Crippen LogP contribution in [0, 0.1) is 11.7 Å². The number of methoxy groups -OCH3 is 1. The fourth-order valence-corrected chi connectivity index (χ4v) is 5.58. The Morgan fingerprint density at radius 3 is 2.39 bits per heavy atom. The van der Waals surface area contributed by atoms with Crippen LogP contribution < -0.4 is 9.64 Å². The van der Waals surface area contributed by atoms with E-state index in [1.54, 1.807) is 7.11 Å². The Labute approximate surface area is 213 Å². The molecule has 0 bridgehead atoms. The first-order valence-corrected chi connectivity index (χ1v) is 12.8. The number of anilines is 1. The van der Waals surface area contributed by atoms with E-state index in [0.717, 1.165) is 62.8 Å². The van der Waals surface area contributed by atoms with E-state index in [1.165, 1.54) is 17.7 Å². The van der Waals surface area contributed by atoms with Gasteiger partial charge in [0.15, 0.2) is 0 Å². The number of piperazine rings is 1. The van der Waals surface area contributed by atoms with Gasteiger partial charge in [-0.2, -0.15) is 0 Å². The second-order valence-corrected chi connectivity index (χ2v) is 9.87. The van der Waals surface area contributed by atoms with Gasteiger partial charge in [0.2, 0.25) is 5.91 Å². The summed E-state index contributed by atoms with van der Waals surface area (Å²) < 4.78 is 18.6. The number of rotatable bonds is 7. The van der Waals surface area contributed by atoms with E-state index in [2.05, 4.69) is 39.0 Å². The molecular weight excluding hydrogens is 453 g/mol. The fourth-order valence-electron chi connectivity index (χ4n) is 5.58. The Hall–Kier alpha value is -3.38. The van der Waals surface area contributed by atoms with Gasteiger partial charge in [-0.15, -0.1) is 0 Å². The lowest BCUT2D eigenvalue weighted by atomic mass is 9.88. The summed E-state index contributed by atoms with van der Waals surface area (Å²) in [6.07, 6.45) is 0.391. The fraction of sp³-hybridized carbons (Fsp3) is 0.367. The first-order chi connectivity index (χ1) is 17.6. The first-order valence-electron chi connectivity index (χ1n) is 12.8. The summed E-state index contributed by atoms with van der Waals surface area (Å²) in [4.78, 5) is 20.2. The molecule has 0 spiro atoms. The topological polar surface area (TPSA) is 36.0 Å². The molecule has 0 saturated carbocycles. The summed E-state index contributed by atoms with van der Waals surface area (Å²) in [5, 5.41) is 0. The van der Waals surface area contributed by atoms with E-state index in [1.807, 2.05) is 42.5 Å². The van der Waals surface area contributed by atoms with Crippen LogP contribution in [-0.4, -0.2) is 68.6 Å². The van der Waals surface area contributed by atoms with Gasteiger partial charge in [-0.1, -0.05) is 42.5 Å². The lowest BCUT2D eigenvalue weighted by molar-refractivity contribution is -0.129. The molecular formula is C30H34FN3O2. The van der Waals surface area contributed by atoms with Crippen molar-refractivity contribution in [2.45, 2.75) is 12.3 Å². The minimum absolute atomic E-state index is 0.174. The Morgan fingerprint density at radius 2 is 1.67 bits per heavy atom. The van der Waals surface area contributed by atoms with Crippen LogP contribution in [0.5, 0.6) is 5.75 Å². The standard InChI is InChI=1S/C30H34FN3O2/c1-36-28-9-5-6-23(18-28)19-30(35)34-21-25(29(22-34)24-7-3-2-4-8-24)20-32-14-16-33(17-15-32)27-12-10-26(31)11-13-27/h2-13,18,25,29H,14-17,19-22H2,1H3/t25-,29-/m0/s1. The number of amides is 1. The lowest BCUT2D eigenvalue weighted by Crippen LogP contribution is -2.48. The van der Waals surface area contributed by atoms with Gasteiger partial charge in [0.1, 0.15) is 11.6 Å². The van der Waals surface area contributed by atoms with Crippen molar-refractivity contribution >= 4 is 11.6 Å². The van der Waals surface area contributed by atoms with Crippen LogP contribution >= 0.6 is 0 Å². The Balaban J connectivity index is 1.24. The lowest BCUT2D eigenvalue weighted by Gasteiger charge is -2.37. The summed E-state index contributed by atoms with van der Waals surface area (Å²) in [5.41, 5.74) is 3.37. The van der Waals surface area contributed by atoms with Crippen LogP contribution in [0.15, 0.2) is 78.9 Å². The zero-order chi connectivity index (χ0) is 24.9. The van der Waals surface area contributed by atoms with Crippen molar-refractivity contribution in [3.05, 3.63) is 95.8 Å². The van der Waals surface area contributed by atoms with E-state index in [0.29, 0.717) is 18.3 Å². The van der Waals surface area contributed by atoms with Gasteiger partial charge in [-0.05, 0) is 53.4 Å². The number of ether oxygens (including phenoxy) is 1. The minimum atomic E-state index is -0.198. The molecule has 2 heterocycles. The Bertz CT molecular complexity index is 1150. The molecule has 6 heteroatoms. The van der Waals surface area contributed by atoms with Crippen LogP contribution in [0.3, 0.4) is 0 Å².